The fourth-order valence-corrected chi connectivity index (χ4v) is 3.37. The number of carbonyl (C=O) groups excluding carboxylic acids is 2. The van der Waals surface area contributed by atoms with Crippen LogP contribution in [0.4, 0.5) is 10.6 Å². The smallest absolute Gasteiger partial charge is 0.317 e. The summed E-state index contributed by atoms with van der Waals surface area (Å²) in [6.07, 6.45) is 2.59. The Morgan fingerprint density at radius 3 is 2.48 bits per heavy atom. The van der Waals surface area contributed by atoms with E-state index >= 15 is 0 Å². The Morgan fingerprint density at radius 2 is 1.84 bits per heavy atom. The van der Waals surface area contributed by atoms with Crippen molar-refractivity contribution in [2.24, 2.45) is 0 Å². The van der Waals surface area contributed by atoms with E-state index in [0.717, 1.165) is 17.7 Å². The first kappa shape index (κ1) is 22.4. The number of hydrogen-bond acceptors (Lipinski definition) is 5. The summed E-state index contributed by atoms with van der Waals surface area (Å²) in [5.74, 6) is 1.26. The van der Waals surface area contributed by atoms with Crippen molar-refractivity contribution in [1.29, 1.82) is 0 Å². The molecule has 1 aliphatic rings. The molecule has 2 heterocycles. The highest BCUT2D eigenvalue weighted by Crippen LogP contribution is 2.19. The van der Waals surface area contributed by atoms with Crippen LogP contribution in [0, 0.1) is 0 Å². The molecule has 3 rings (SSSR count). The molecule has 1 unspecified atom stereocenters. The van der Waals surface area contributed by atoms with E-state index in [1.807, 2.05) is 43.0 Å². The molecule has 8 nitrogen and oxygen atoms in total. The molecule has 166 valence electrons. The highest BCUT2D eigenvalue weighted by Gasteiger charge is 2.25. The third kappa shape index (κ3) is 5.87. The molecule has 0 saturated carbocycles. The summed E-state index contributed by atoms with van der Waals surface area (Å²) >= 11 is 0. The van der Waals surface area contributed by atoms with Gasteiger partial charge in [-0.05, 0) is 43.2 Å². The minimum atomic E-state index is -0.170. The van der Waals surface area contributed by atoms with Crippen LogP contribution in [0.1, 0.15) is 36.2 Å². The third-order valence-corrected chi connectivity index (χ3v) is 5.49. The summed E-state index contributed by atoms with van der Waals surface area (Å²) in [5.41, 5.74) is 1.52. The van der Waals surface area contributed by atoms with Crippen LogP contribution >= 0.6 is 0 Å². The summed E-state index contributed by atoms with van der Waals surface area (Å²) in [6, 6.07) is 11.3. The fraction of sp³-hybridized carbons (Fsp3) is 0.435. The second-order valence-corrected chi connectivity index (χ2v) is 7.64. The molecule has 0 spiro atoms. The number of ether oxygens (including phenoxy) is 1. The first-order valence-corrected chi connectivity index (χ1v) is 10.7. The lowest BCUT2D eigenvalue weighted by atomic mass is 10.2. The summed E-state index contributed by atoms with van der Waals surface area (Å²) in [4.78, 5) is 33.6. The van der Waals surface area contributed by atoms with Crippen LogP contribution in [-0.2, 0) is 6.54 Å². The molecule has 1 aliphatic heterocycles. The van der Waals surface area contributed by atoms with Crippen molar-refractivity contribution in [2.75, 3.05) is 38.2 Å². The minimum absolute atomic E-state index is 0.0347. The number of methoxy groups -OCH3 is 1. The Bertz CT molecular complexity index is 879. The zero-order valence-electron chi connectivity index (χ0n) is 18.4. The normalized spacial score (nSPS) is 14.7. The molecule has 0 aliphatic carbocycles. The largest absolute Gasteiger partial charge is 0.497 e. The van der Waals surface area contributed by atoms with E-state index in [9.17, 15) is 9.59 Å². The molecular weight excluding hydrogens is 394 g/mol. The Labute approximate surface area is 183 Å². The predicted molar refractivity (Wildman–Crippen MR) is 120 cm³/mol. The average Bonchev–Trinajstić information content (AvgIpc) is 2.82. The average molecular weight is 426 g/mol. The van der Waals surface area contributed by atoms with Gasteiger partial charge in [0.1, 0.15) is 11.6 Å². The maximum Gasteiger partial charge on any atom is 0.317 e. The molecule has 0 bridgehead atoms. The number of carbonyl (C=O) groups is 2. The molecule has 1 aromatic carbocycles. The van der Waals surface area contributed by atoms with Crippen molar-refractivity contribution >= 4 is 17.8 Å². The van der Waals surface area contributed by atoms with Crippen molar-refractivity contribution in [3.8, 4) is 5.75 Å². The molecule has 2 N–H and O–H groups in total. The van der Waals surface area contributed by atoms with Crippen LogP contribution in [0.3, 0.4) is 0 Å². The number of aromatic nitrogens is 1. The molecule has 1 fully saturated rings. The van der Waals surface area contributed by atoms with Crippen molar-refractivity contribution in [1.82, 2.24) is 20.5 Å². The number of amides is 3. The number of piperazine rings is 1. The van der Waals surface area contributed by atoms with Gasteiger partial charge in [0.25, 0.3) is 5.91 Å². The monoisotopic (exact) mass is 425 g/mol. The van der Waals surface area contributed by atoms with Crippen LogP contribution in [0.25, 0.3) is 0 Å². The van der Waals surface area contributed by atoms with Crippen LogP contribution in [0.5, 0.6) is 5.75 Å². The zero-order valence-corrected chi connectivity index (χ0v) is 18.4. The number of rotatable bonds is 7. The second-order valence-electron chi connectivity index (χ2n) is 7.64. The molecule has 0 radical (unpaired) electrons. The molecule has 1 aromatic heterocycles. The van der Waals surface area contributed by atoms with Crippen molar-refractivity contribution in [3.05, 3.63) is 53.7 Å². The first-order chi connectivity index (χ1) is 15.0. The van der Waals surface area contributed by atoms with Gasteiger partial charge in [-0.25, -0.2) is 9.78 Å². The lowest BCUT2D eigenvalue weighted by Gasteiger charge is -2.36. The van der Waals surface area contributed by atoms with Gasteiger partial charge >= 0.3 is 6.03 Å². The quantitative estimate of drug-likeness (QED) is 0.712. The Balaban J connectivity index is 1.60. The molecule has 3 amide bonds. The number of urea groups is 1. The van der Waals surface area contributed by atoms with E-state index in [-0.39, 0.29) is 18.0 Å². The molecule has 8 heteroatoms. The van der Waals surface area contributed by atoms with Gasteiger partial charge in [0.15, 0.2) is 0 Å². The van der Waals surface area contributed by atoms with Gasteiger partial charge in [0, 0.05) is 45.0 Å². The fourth-order valence-electron chi connectivity index (χ4n) is 3.37. The van der Waals surface area contributed by atoms with Crippen molar-refractivity contribution < 1.29 is 14.3 Å². The molecule has 1 atom stereocenters. The van der Waals surface area contributed by atoms with E-state index < -0.39 is 0 Å². The van der Waals surface area contributed by atoms with E-state index in [1.54, 1.807) is 25.4 Å². The summed E-state index contributed by atoms with van der Waals surface area (Å²) < 4.78 is 5.16. The summed E-state index contributed by atoms with van der Waals surface area (Å²) in [5, 5.41) is 5.97. The van der Waals surface area contributed by atoms with E-state index in [2.05, 4.69) is 20.5 Å². The SMILES string of the molecule is CCC(C)NC(=O)N1CCN(c2ncccc2C(=O)NCc2ccc(OC)cc2)CC1. The Kier molecular flexibility index (Phi) is 7.70. The first-order valence-electron chi connectivity index (χ1n) is 10.7. The number of anilines is 1. The standard InChI is InChI=1S/C23H31N5O3/c1-4-17(2)26-23(30)28-14-12-27(13-15-28)21-20(6-5-11-24-21)22(29)25-16-18-7-9-19(31-3)10-8-18/h5-11,17H,4,12-16H2,1-3H3,(H,25,29)(H,26,30). The molecule has 1 saturated heterocycles. The third-order valence-electron chi connectivity index (χ3n) is 5.49. The van der Waals surface area contributed by atoms with Crippen molar-refractivity contribution in [2.45, 2.75) is 32.9 Å². The van der Waals surface area contributed by atoms with Gasteiger partial charge in [0.2, 0.25) is 0 Å². The number of benzene rings is 1. The predicted octanol–water partition coefficient (Wildman–Crippen LogP) is 2.65. The van der Waals surface area contributed by atoms with Gasteiger partial charge < -0.3 is 25.2 Å². The lowest BCUT2D eigenvalue weighted by Crippen LogP contribution is -2.53. The minimum Gasteiger partial charge on any atom is -0.497 e. The van der Waals surface area contributed by atoms with E-state index in [1.165, 1.54) is 0 Å². The lowest BCUT2D eigenvalue weighted by molar-refractivity contribution is 0.0950. The zero-order chi connectivity index (χ0) is 22.2. The summed E-state index contributed by atoms with van der Waals surface area (Å²) in [7, 11) is 1.62. The van der Waals surface area contributed by atoms with Crippen LogP contribution in [-0.4, -0.2) is 61.2 Å². The number of hydrogen-bond donors (Lipinski definition) is 2. The molecule has 2 aromatic rings. The topological polar surface area (TPSA) is 86.8 Å². The molecular formula is C23H31N5O3. The Hall–Kier alpha value is -3.29. The van der Waals surface area contributed by atoms with Gasteiger partial charge in [-0.2, -0.15) is 0 Å². The van der Waals surface area contributed by atoms with E-state index in [0.29, 0.717) is 44.1 Å². The van der Waals surface area contributed by atoms with Crippen LogP contribution in [0.15, 0.2) is 42.6 Å². The number of pyridine rings is 1. The summed E-state index contributed by atoms with van der Waals surface area (Å²) in [6.45, 7) is 6.90. The highest BCUT2D eigenvalue weighted by molar-refractivity contribution is 5.98. The maximum absolute atomic E-state index is 12.9. The van der Waals surface area contributed by atoms with Gasteiger partial charge in [-0.1, -0.05) is 19.1 Å². The van der Waals surface area contributed by atoms with Crippen molar-refractivity contribution in [3.63, 3.8) is 0 Å². The van der Waals surface area contributed by atoms with Crippen LogP contribution in [0.2, 0.25) is 0 Å². The maximum atomic E-state index is 12.9. The van der Waals surface area contributed by atoms with Crippen LogP contribution < -0.4 is 20.3 Å². The number of nitrogens with one attached hydrogen (secondary N) is 2. The van der Waals surface area contributed by atoms with E-state index in [4.69, 9.17) is 4.74 Å². The van der Waals surface area contributed by atoms with Gasteiger partial charge in [-0.3, -0.25) is 4.79 Å². The second kappa shape index (κ2) is 10.7. The highest BCUT2D eigenvalue weighted by atomic mass is 16.5. The van der Waals surface area contributed by atoms with Gasteiger partial charge in [-0.15, -0.1) is 0 Å². The number of nitrogens with zero attached hydrogens (tertiary/aromatic N) is 3. The molecule has 31 heavy (non-hydrogen) atoms. The Morgan fingerprint density at radius 1 is 1.13 bits per heavy atom. The van der Waals surface area contributed by atoms with Gasteiger partial charge in [0.05, 0.1) is 12.7 Å².